The van der Waals surface area contributed by atoms with Crippen molar-refractivity contribution in [1.82, 2.24) is 0 Å². The van der Waals surface area contributed by atoms with Crippen LogP contribution in [0.3, 0.4) is 0 Å². The van der Waals surface area contributed by atoms with E-state index in [0.29, 0.717) is 6.42 Å². The number of hydrogen-bond donors (Lipinski definition) is 0. The highest BCUT2D eigenvalue weighted by Crippen LogP contribution is 2.21. The van der Waals surface area contributed by atoms with E-state index < -0.39 is 0 Å². The first-order chi connectivity index (χ1) is 11.1. The van der Waals surface area contributed by atoms with Gasteiger partial charge in [0.1, 0.15) is 0 Å². The maximum absolute atomic E-state index is 12.2. The Kier molecular flexibility index (Phi) is 5.86. The molecule has 0 aliphatic heterocycles. The highest BCUT2D eigenvalue weighted by molar-refractivity contribution is 6.06. The Morgan fingerprint density at radius 2 is 1.74 bits per heavy atom. The zero-order chi connectivity index (χ0) is 16.8. The number of rotatable bonds is 6. The molecule has 0 amide bonds. The van der Waals surface area contributed by atoms with Crippen molar-refractivity contribution in [3.05, 3.63) is 70.3 Å². The van der Waals surface area contributed by atoms with E-state index in [2.05, 4.69) is 30.1 Å². The van der Waals surface area contributed by atoms with Gasteiger partial charge in [-0.2, -0.15) is 0 Å². The average molecular weight is 307 g/mol. The van der Waals surface area contributed by atoms with Crippen LogP contribution in [-0.4, -0.2) is 18.5 Å². The Labute approximate surface area is 139 Å². The molecule has 0 spiro atoms. The molecule has 0 bridgehead atoms. The molecular formula is C21H25NO. The van der Waals surface area contributed by atoms with Crippen LogP contribution in [-0.2, 0) is 12.8 Å². The molecule has 2 aromatic carbocycles. The summed E-state index contributed by atoms with van der Waals surface area (Å²) in [6.45, 7) is 6.08. The maximum Gasteiger partial charge on any atom is 0.162 e. The summed E-state index contributed by atoms with van der Waals surface area (Å²) in [6, 6.07) is 14.5. The fraction of sp³-hybridized carbons (Fsp3) is 0.333. The first kappa shape index (κ1) is 17.1. The summed E-state index contributed by atoms with van der Waals surface area (Å²) in [6.07, 6.45) is 2.25. The second-order valence-electron chi connectivity index (χ2n) is 5.79. The number of nitrogens with zero attached hydrogens (tertiary/aromatic N) is 1. The van der Waals surface area contributed by atoms with E-state index >= 15 is 0 Å². The van der Waals surface area contributed by atoms with Gasteiger partial charge < -0.3 is 0 Å². The van der Waals surface area contributed by atoms with Gasteiger partial charge in [-0.05, 0) is 41.7 Å². The SMILES string of the molecule is CCC(=O)c1cc(C(Cc2ccccc2)=NC)c(CC)cc1C. The van der Waals surface area contributed by atoms with Crippen molar-refractivity contribution in [2.24, 2.45) is 4.99 Å². The number of ketones is 1. The third-order valence-electron chi connectivity index (χ3n) is 4.25. The summed E-state index contributed by atoms with van der Waals surface area (Å²) >= 11 is 0. The standard InChI is InChI=1S/C21H25NO/c1-5-17-12-15(3)18(21(23)6-2)14-19(17)20(22-4)13-16-10-8-7-9-11-16/h7-12,14H,5-6,13H2,1-4H3. The molecule has 0 aliphatic rings. The van der Waals surface area contributed by atoms with Crippen molar-refractivity contribution in [3.63, 3.8) is 0 Å². The minimum absolute atomic E-state index is 0.196. The fourth-order valence-electron chi connectivity index (χ4n) is 2.90. The predicted molar refractivity (Wildman–Crippen MR) is 97.8 cm³/mol. The molecule has 0 fully saturated rings. The van der Waals surface area contributed by atoms with Crippen molar-refractivity contribution >= 4 is 11.5 Å². The lowest BCUT2D eigenvalue weighted by atomic mass is 9.90. The Balaban J connectivity index is 2.48. The molecular weight excluding hydrogens is 282 g/mol. The maximum atomic E-state index is 12.2. The van der Waals surface area contributed by atoms with E-state index in [1.807, 2.05) is 45.2 Å². The molecule has 0 radical (unpaired) electrons. The van der Waals surface area contributed by atoms with Gasteiger partial charge in [-0.3, -0.25) is 9.79 Å². The van der Waals surface area contributed by atoms with E-state index in [-0.39, 0.29) is 5.78 Å². The highest BCUT2D eigenvalue weighted by Gasteiger charge is 2.15. The molecule has 2 rings (SSSR count). The molecule has 2 aromatic rings. The highest BCUT2D eigenvalue weighted by atomic mass is 16.1. The molecule has 0 saturated heterocycles. The van der Waals surface area contributed by atoms with Gasteiger partial charge >= 0.3 is 0 Å². The quantitative estimate of drug-likeness (QED) is 0.556. The molecule has 0 aliphatic carbocycles. The number of carbonyl (C=O) groups excluding carboxylic acids is 1. The van der Waals surface area contributed by atoms with Gasteiger partial charge in [0.05, 0.1) is 0 Å². The van der Waals surface area contributed by atoms with Gasteiger partial charge in [0.2, 0.25) is 0 Å². The largest absolute Gasteiger partial charge is 0.294 e. The monoisotopic (exact) mass is 307 g/mol. The van der Waals surface area contributed by atoms with E-state index in [1.165, 1.54) is 11.1 Å². The van der Waals surface area contributed by atoms with Gasteiger partial charge in [0.15, 0.2) is 5.78 Å². The lowest BCUT2D eigenvalue weighted by Crippen LogP contribution is -2.12. The number of Topliss-reactive ketones (excluding diaryl/α,β-unsaturated/α-hetero) is 1. The zero-order valence-corrected chi connectivity index (χ0v) is 14.5. The first-order valence-electron chi connectivity index (χ1n) is 8.27. The van der Waals surface area contributed by atoms with Crippen LogP contribution in [0.4, 0.5) is 0 Å². The van der Waals surface area contributed by atoms with E-state index in [0.717, 1.165) is 35.2 Å². The Bertz CT molecular complexity index is 714. The van der Waals surface area contributed by atoms with Gasteiger partial charge in [0.25, 0.3) is 0 Å². The van der Waals surface area contributed by atoms with Crippen LogP contribution in [0.25, 0.3) is 0 Å². The Hall–Kier alpha value is -2.22. The molecule has 0 heterocycles. The lowest BCUT2D eigenvalue weighted by Gasteiger charge is -2.15. The summed E-state index contributed by atoms with van der Waals surface area (Å²) in [7, 11) is 1.83. The van der Waals surface area contributed by atoms with Crippen molar-refractivity contribution in [2.75, 3.05) is 7.05 Å². The molecule has 23 heavy (non-hydrogen) atoms. The molecule has 0 aromatic heterocycles. The predicted octanol–water partition coefficient (Wildman–Crippen LogP) is 4.81. The fourth-order valence-corrected chi connectivity index (χ4v) is 2.90. The smallest absolute Gasteiger partial charge is 0.162 e. The van der Waals surface area contributed by atoms with E-state index in [4.69, 9.17) is 0 Å². The number of aliphatic imine (C=N–C) groups is 1. The van der Waals surface area contributed by atoms with Gasteiger partial charge in [0, 0.05) is 31.2 Å². The molecule has 0 atom stereocenters. The van der Waals surface area contributed by atoms with Crippen molar-refractivity contribution in [3.8, 4) is 0 Å². The average Bonchev–Trinajstić information content (AvgIpc) is 2.59. The topological polar surface area (TPSA) is 29.4 Å². The second-order valence-corrected chi connectivity index (χ2v) is 5.79. The molecule has 0 N–H and O–H groups in total. The molecule has 0 unspecified atom stereocenters. The normalized spacial score (nSPS) is 11.6. The third kappa shape index (κ3) is 3.95. The van der Waals surface area contributed by atoms with Gasteiger partial charge in [-0.25, -0.2) is 0 Å². The third-order valence-corrected chi connectivity index (χ3v) is 4.25. The van der Waals surface area contributed by atoms with Crippen LogP contribution < -0.4 is 0 Å². The molecule has 120 valence electrons. The minimum Gasteiger partial charge on any atom is -0.294 e. The molecule has 0 saturated carbocycles. The van der Waals surface area contributed by atoms with Crippen LogP contribution in [0, 0.1) is 6.92 Å². The molecule has 2 nitrogen and oxygen atoms in total. The van der Waals surface area contributed by atoms with Crippen molar-refractivity contribution in [1.29, 1.82) is 0 Å². The number of hydrogen-bond acceptors (Lipinski definition) is 2. The van der Waals surface area contributed by atoms with Crippen molar-refractivity contribution in [2.45, 2.75) is 40.0 Å². The van der Waals surface area contributed by atoms with Crippen LogP contribution in [0.1, 0.15) is 52.9 Å². The number of carbonyl (C=O) groups is 1. The number of benzene rings is 2. The number of aryl methyl sites for hydroxylation is 2. The summed E-state index contributed by atoms with van der Waals surface area (Å²) in [5, 5.41) is 0. The lowest BCUT2D eigenvalue weighted by molar-refractivity contribution is 0.0987. The van der Waals surface area contributed by atoms with Crippen molar-refractivity contribution < 1.29 is 4.79 Å². The van der Waals surface area contributed by atoms with E-state index in [9.17, 15) is 4.79 Å². The summed E-state index contributed by atoms with van der Waals surface area (Å²) in [5.41, 5.74) is 6.53. The van der Waals surface area contributed by atoms with Gasteiger partial charge in [-0.1, -0.05) is 50.2 Å². The van der Waals surface area contributed by atoms with Crippen LogP contribution in [0.5, 0.6) is 0 Å². The van der Waals surface area contributed by atoms with Crippen LogP contribution in [0.15, 0.2) is 47.5 Å². The zero-order valence-electron chi connectivity index (χ0n) is 14.5. The second kappa shape index (κ2) is 7.87. The first-order valence-corrected chi connectivity index (χ1v) is 8.27. The van der Waals surface area contributed by atoms with E-state index in [1.54, 1.807) is 0 Å². The van der Waals surface area contributed by atoms with Crippen LogP contribution >= 0.6 is 0 Å². The Morgan fingerprint density at radius 1 is 1.04 bits per heavy atom. The molecule has 2 heteroatoms. The summed E-state index contributed by atoms with van der Waals surface area (Å²) in [5.74, 6) is 0.196. The summed E-state index contributed by atoms with van der Waals surface area (Å²) in [4.78, 5) is 16.7. The minimum atomic E-state index is 0.196. The Morgan fingerprint density at radius 3 is 2.30 bits per heavy atom. The summed E-state index contributed by atoms with van der Waals surface area (Å²) < 4.78 is 0. The van der Waals surface area contributed by atoms with Gasteiger partial charge in [-0.15, -0.1) is 0 Å². The van der Waals surface area contributed by atoms with Crippen LogP contribution in [0.2, 0.25) is 0 Å².